The summed E-state index contributed by atoms with van der Waals surface area (Å²) < 4.78 is 5.82. The Morgan fingerprint density at radius 3 is 2.96 bits per heavy atom. The van der Waals surface area contributed by atoms with Gasteiger partial charge in [0.2, 0.25) is 0 Å². The molecule has 0 spiro atoms. The largest absolute Gasteiger partial charge is 0.381 e. The molecule has 0 amide bonds. The van der Waals surface area contributed by atoms with E-state index in [1.54, 1.807) is 0 Å². The Morgan fingerprint density at radius 2 is 2.21 bits per heavy atom. The number of piperidine rings is 1. The molecule has 0 bridgehead atoms. The van der Waals surface area contributed by atoms with Crippen LogP contribution in [0.15, 0.2) is 42.0 Å². The third kappa shape index (κ3) is 3.40. The summed E-state index contributed by atoms with van der Waals surface area (Å²) in [5.41, 5.74) is 1.30. The van der Waals surface area contributed by atoms with E-state index < -0.39 is 0 Å². The summed E-state index contributed by atoms with van der Waals surface area (Å²) in [5, 5.41) is 2.18. The Balaban J connectivity index is 1.47. The molecule has 2 aromatic heterocycles. The van der Waals surface area contributed by atoms with Crippen LogP contribution in [0.3, 0.4) is 0 Å². The van der Waals surface area contributed by atoms with Gasteiger partial charge in [-0.25, -0.2) is 0 Å². The minimum absolute atomic E-state index is 0.397. The lowest BCUT2D eigenvalue weighted by molar-refractivity contribution is -0.0242. The van der Waals surface area contributed by atoms with Gasteiger partial charge in [-0.15, -0.1) is 11.3 Å². The maximum Gasteiger partial charge on any atom is 0.0639 e. The van der Waals surface area contributed by atoms with Crippen LogP contribution in [0, 0.1) is 5.92 Å². The predicted octanol–water partition coefficient (Wildman–Crippen LogP) is 2.86. The van der Waals surface area contributed by atoms with E-state index in [-0.39, 0.29) is 0 Å². The molecule has 4 rings (SSSR count). The number of nitrogens with zero attached hydrogens (tertiary/aromatic N) is 3. The van der Waals surface area contributed by atoms with Crippen molar-refractivity contribution in [3.63, 3.8) is 0 Å². The van der Waals surface area contributed by atoms with Crippen molar-refractivity contribution in [1.29, 1.82) is 0 Å². The summed E-state index contributed by atoms with van der Waals surface area (Å²) in [4.78, 5) is 11.0. The standard InChI is InChI=1S/C19H25N3OS/c1-23-19-6-8-22(12-16-5-3-9-24-16)18-14-21(13-17(18)19)11-15-4-2-7-20-10-15/h2-5,7,9-10,17-19H,6,8,11-14H2,1H3/t17-,18+,19-/m1/s1. The number of ether oxygens (including phenoxy) is 1. The van der Waals surface area contributed by atoms with Gasteiger partial charge in [0.25, 0.3) is 0 Å². The van der Waals surface area contributed by atoms with Crippen molar-refractivity contribution in [1.82, 2.24) is 14.8 Å². The highest BCUT2D eigenvalue weighted by atomic mass is 32.1. The fourth-order valence-electron chi connectivity index (χ4n) is 4.29. The predicted molar refractivity (Wildman–Crippen MR) is 96.9 cm³/mol. The lowest BCUT2D eigenvalue weighted by Gasteiger charge is -2.41. The molecular formula is C19H25N3OS. The minimum atomic E-state index is 0.397. The van der Waals surface area contributed by atoms with Gasteiger partial charge in [-0.2, -0.15) is 0 Å². The highest BCUT2D eigenvalue weighted by Gasteiger charge is 2.44. The van der Waals surface area contributed by atoms with Crippen LogP contribution in [0.25, 0.3) is 0 Å². The van der Waals surface area contributed by atoms with Crippen LogP contribution in [0.2, 0.25) is 0 Å². The van der Waals surface area contributed by atoms with Gasteiger partial charge in [0, 0.05) is 69.1 Å². The number of hydrogen-bond donors (Lipinski definition) is 0. The molecule has 4 nitrogen and oxygen atoms in total. The monoisotopic (exact) mass is 343 g/mol. The molecule has 5 heteroatoms. The second-order valence-electron chi connectivity index (χ2n) is 6.90. The fourth-order valence-corrected chi connectivity index (χ4v) is 5.02. The van der Waals surface area contributed by atoms with Gasteiger partial charge in [0.05, 0.1) is 6.10 Å². The highest BCUT2D eigenvalue weighted by Crippen LogP contribution is 2.34. The third-order valence-corrected chi connectivity index (χ3v) is 6.29. The van der Waals surface area contributed by atoms with Crippen LogP contribution >= 0.6 is 11.3 Å². The van der Waals surface area contributed by atoms with E-state index in [9.17, 15) is 0 Å². The van der Waals surface area contributed by atoms with Crippen molar-refractivity contribution < 1.29 is 4.74 Å². The van der Waals surface area contributed by atoms with Crippen molar-refractivity contribution >= 4 is 11.3 Å². The Morgan fingerprint density at radius 1 is 1.25 bits per heavy atom. The van der Waals surface area contributed by atoms with Crippen molar-refractivity contribution in [2.45, 2.75) is 31.7 Å². The highest BCUT2D eigenvalue weighted by molar-refractivity contribution is 7.09. The van der Waals surface area contributed by atoms with Crippen LogP contribution in [0.4, 0.5) is 0 Å². The van der Waals surface area contributed by atoms with Gasteiger partial charge >= 0.3 is 0 Å². The van der Waals surface area contributed by atoms with E-state index >= 15 is 0 Å². The molecule has 4 heterocycles. The summed E-state index contributed by atoms with van der Waals surface area (Å²) >= 11 is 1.87. The molecule has 3 atom stereocenters. The lowest BCUT2D eigenvalue weighted by atomic mass is 9.89. The topological polar surface area (TPSA) is 28.6 Å². The van der Waals surface area contributed by atoms with Gasteiger partial charge in [-0.05, 0) is 29.5 Å². The molecule has 0 aliphatic carbocycles. The van der Waals surface area contributed by atoms with Crippen LogP contribution < -0.4 is 0 Å². The molecule has 2 aliphatic rings. The van der Waals surface area contributed by atoms with E-state index in [1.165, 1.54) is 10.4 Å². The molecule has 0 N–H and O–H groups in total. The van der Waals surface area contributed by atoms with E-state index in [2.05, 4.69) is 38.4 Å². The molecule has 2 fully saturated rings. The number of fused-ring (bicyclic) bond motifs is 1. The second kappa shape index (κ2) is 7.31. The molecule has 0 unspecified atom stereocenters. The average Bonchev–Trinajstić information content (AvgIpc) is 3.26. The molecule has 24 heavy (non-hydrogen) atoms. The van der Waals surface area contributed by atoms with Crippen molar-refractivity contribution in [2.24, 2.45) is 5.92 Å². The zero-order valence-corrected chi connectivity index (χ0v) is 15.0. The summed E-state index contributed by atoms with van der Waals surface area (Å²) in [6, 6.07) is 9.21. The maximum absolute atomic E-state index is 5.82. The van der Waals surface area contributed by atoms with Gasteiger partial charge in [0.1, 0.15) is 0 Å². The molecule has 2 saturated heterocycles. The van der Waals surface area contributed by atoms with E-state index in [0.29, 0.717) is 18.1 Å². The SMILES string of the molecule is CO[C@@H]1CCN(Cc2cccs2)[C@H]2CN(Cc3cccnc3)C[C@@H]12. The van der Waals surface area contributed by atoms with Crippen molar-refractivity contribution in [2.75, 3.05) is 26.7 Å². The van der Waals surface area contributed by atoms with Crippen LogP contribution in [-0.4, -0.2) is 53.7 Å². The second-order valence-corrected chi connectivity index (χ2v) is 7.93. The Labute approximate surface area is 148 Å². The van der Waals surface area contributed by atoms with Gasteiger partial charge < -0.3 is 4.74 Å². The normalized spacial score (nSPS) is 28.1. The van der Waals surface area contributed by atoms with Gasteiger partial charge in [-0.3, -0.25) is 14.8 Å². The number of rotatable bonds is 5. The fraction of sp³-hybridized carbons (Fsp3) is 0.526. The van der Waals surface area contributed by atoms with E-state index in [4.69, 9.17) is 4.74 Å². The first kappa shape index (κ1) is 16.2. The zero-order chi connectivity index (χ0) is 16.4. The lowest BCUT2D eigenvalue weighted by Crippen LogP contribution is -2.50. The molecule has 0 saturated carbocycles. The number of hydrogen-bond acceptors (Lipinski definition) is 5. The molecule has 0 aromatic carbocycles. The first-order chi connectivity index (χ1) is 11.8. The zero-order valence-electron chi connectivity index (χ0n) is 14.2. The van der Waals surface area contributed by atoms with Crippen LogP contribution in [0.1, 0.15) is 16.9 Å². The molecule has 0 radical (unpaired) electrons. The summed E-state index contributed by atoms with van der Waals surface area (Å²) in [7, 11) is 1.88. The average molecular weight is 343 g/mol. The van der Waals surface area contributed by atoms with Crippen molar-refractivity contribution in [3.05, 3.63) is 52.5 Å². The van der Waals surface area contributed by atoms with E-state index in [1.807, 2.05) is 36.9 Å². The minimum Gasteiger partial charge on any atom is -0.381 e. The van der Waals surface area contributed by atoms with E-state index in [0.717, 1.165) is 39.1 Å². The van der Waals surface area contributed by atoms with Crippen LogP contribution in [-0.2, 0) is 17.8 Å². The third-order valence-electron chi connectivity index (χ3n) is 5.43. The Hall–Kier alpha value is -1.27. The van der Waals surface area contributed by atoms with Gasteiger partial charge in [0.15, 0.2) is 0 Å². The molecular weight excluding hydrogens is 318 g/mol. The molecule has 2 aromatic rings. The number of likely N-dealkylation sites (tertiary alicyclic amines) is 2. The van der Waals surface area contributed by atoms with Crippen molar-refractivity contribution in [3.8, 4) is 0 Å². The van der Waals surface area contributed by atoms with Crippen LogP contribution in [0.5, 0.6) is 0 Å². The molecule has 128 valence electrons. The summed E-state index contributed by atoms with van der Waals surface area (Å²) in [6.45, 7) is 5.46. The molecule has 2 aliphatic heterocycles. The number of aromatic nitrogens is 1. The summed E-state index contributed by atoms with van der Waals surface area (Å²) in [5.74, 6) is 0.611. The first-order valence-electron chi connectivity index (χ1n) is 8.74. The van der Waals surface area contributed by atoms with Gasteiger partial charge in [-0.1, -0.05) is 12.1 Å². The Kier molecular flexibility index (Phi) is 4.94. The maximum atomic E-state index is 5.82. The quantitative estimate of drug-likeness (QED) is 0.835. The smallest absolute Gasteiger partial charge is 0.0639 e. The Bertz CT molecular complexity index is 633. The number of methoxy groups -OCH3 is 1. The summed E-state index contributed by atoms with van der Waals surface area (Å²) in [6.07, 6.45) is 5.37. The number of thiophene rings is 1. The number of pyridine rings is 1. The first-order valence-corrected chi connectivity index (χ1v) is 9.62.